The third kappa shape index (κ3) is 2.70. The summed E-state index contributed by atoms with van der Waals surface area (Å²) in [7, 11) is -3.55. The van der Waals surface area contributed by atoms with Crippen molar-refractivity contribution in [2.24, 2.45) is 0 Å². The third-order valence-corrected chi connectivity index (χ3v) is 3.98. The van der Waals surface area contributed by atoms with Crippen molar-refractivity contribution in [3.8, 4) is 0 Å². The van der Waals surface area contributed by atoms with E-state index in [0.29, 0.717) is 11.7 Å². The summed E-state index contributed by atoms with van der Waals surface area (Å²) < 4.78 is 26.5. The van der Waals surface area contributed by atoms with Gasteiger partial charge in [0.1, 0.15) is 5.82 Å². The van der Waals surface area contributed by atoms with E-state index < -0.39 is 10.0 Å². The number of nitrogens with zero attached hydrogens (tertiary/aromatic N) is 1. The molecule has 0 aliphatic carbocycles. The molecule has 2 aromatic rings. The van der Waals surface area contributed by atoms with Crippen LogP contribution in [0.4, 0.5) is 5.82 Å². The van der Waals surface area contributed by atoms with Crippen LogP contribution < -0.4 is 4.72 Å². The third-order valence-electron chi connectivity index (χ3n) is 2.60. The van der Waals surface area contributed by atoms with Gasteiger partial charge in [0.25, 0.3) is 10.0 Å². The first-order chi connectivity index (χ1) is 8.49. The van der Waals surface area contributed by atoms with Crippen LogP contribution >= 0.6 is 0 Å². The molecule has 6 heteroatoms. The minimum atomic E-state index is -3.55. The molecule has 1 heterocycles. The fourth-order valence-corrected chi connectivity index (χ4v) is 2.56. The van der Waals surface area contributed by atoms with E-state index in [1.54, 1.807) is 12.1 Å². The largest absolute Gasteiger partial charge is 0.331 e. The lowest BCUT2D eigenvalue weighted by Gasteiger charge is -2.08. The number of benzene rings is 1. The molecule has 96 valence electrons. The number of imidazole rings is 1. The van der Waals surface area contributed by atoms with Gasteiger partial charge in [0.15, 0.2) is 0 Å². The van der Waals surface area contributed by atoms with Crippen LogP contribution in [0.25, 0.3) is 0 Å². The standard InChI is InChI=1S/C12H15N3O2S/c1-9(2)10-3-5-11(6-4-10)18(16,17)15-12-7-13-8-14-12/h3-9,15H,1-2H3,(H,13,14). The number of rotatable bonds is 4. The van der Waals surface area contributed by atoms with Gasteiger partial charge in [-0.15, -0.1) is 0 Å². The first-order valence-electron chi connectivity index (χ1n) is 5.60. The minimum Gasteiger partial charge on any atom is -0.331 e. The van der Waals surface area contributed by atoms with Crippen molar-refractivity contribution in [1.82, 2.24) is 9.97 Å². The summed E-state index contributed by atoms with van der Waals surface area (Å²) in [6.45, 7) is 4.12. The van der Waals surface area contributed by atoms with E-state index in [0.717, 1.165) is 5.56 Å². The molecule has 2 N–H and O–H groups in total. The first kappa shape index (κ1) is 12.6. The Labute approximate surface area is 106 Å². The molecule has 0 aliphatic rings. The van der Waals surface area contributed by atoms with Crippen LogP contribution in [-0.4, -0.2) is 18.4 Å². The summed E-state index contributed by atoms with van der Waals surface area (Å²) in [4.78, 5) is 6.68. The Morgan fingerprint density at radius 1 is 1.22 bits per heavy atom. The van der Waals surface area contributed by atoms with Crippen LogP contribution in [0.2, 0.25) is 0 Å². The highest BCUT2D eigenvalue weighted by molar-refractivity contribution is 7.92. The monoisotopic (exact) mass is 265 g/mol. The predicted octanol–water partition coefficient (Wildman–Crippen LogP) is 2.33. The quantitative estimate of drug-likeness (QED) is 0.891. The second-order valence-electron chi connectivity index (χ2n) is 4.29. The molecule has 0 spiro atoms. The lowest BCUT2D eigenvalue weighted by atomic mass is 10.0. The highest BCUT2D eigenvalue weighted by Crippen LogP contribution is 2.18. The lowest BCUT2D eigenvalue weighted by Crippen LogP contribution is -2.13. The Morgan fingerprint density at radius 2 is 1.89 bits per heavy atom. The maximum Gasteiger partial charge on any atom is 0.263 e. The number of hydrogen-bond acceptors (Lipinski definition) is 3. The second kappa shape index (κ2) is 4.81. The van der Waals surface area contributed by atoms with Crippen molar-refractivity contribution < 1.29 is 8.42 Å². The van der Waals surface area contributed by atoms with Gasteiger partial charge < -0.3 is 4.98 Å². The molecule has 0 fully saturated rings. The summed E-state index contributed by atoms with van der Waals surface area (Å²) in [5.74, 6) is 0.727. The average molecular weight is 265 g/mol. The van der Waals surface area contributed by atoms with Gasteiger partial charge in [0, 0.05) is 0 Å². The molecule has 0 atom stereocenters. The maximum absolute atomic E-state index is 12.0. The van der Waals surface area contributed by atoms with E-state index >= 15 is 0 Å². The molecule has 5 nitrogen and oxygen atoms in total. The van der Waals surface area contributed by atoms with Crippen molar-refractivity contribution >= 4 is 15.8 Å². The van der Waals surface area contributed by atoms with Gasteiger partial charge in [-0.25, -0.2) is 13.4 Å². The molecule has 0 saturated heterocycles. The van der Waals surface area contributed by atoms with E-state index in [9.17, 15) is 8.42 Å². The molecular weight excluding hydrogens is 250 g/mol. The average Bonchev–Trinajstić information content (AvgIpc) is 2.81. The molecule has 0 radical (unpaired) electrons. The molecule has 1 aromatic heterocycles. The number of anilines is 1. The number of aromatic amines is 1. The zero-order chi connectivity index (χ0) is 13.2. The van der Waals surface area contributed by atoms with Crippen molar-refractivity contribution in [2.75, 3.05) is 4.72 Å². The summed E-state index contributed by atoms with van der Waals surface area (Å²) in [5, 5.41) is 0. The van der Waals surface area contributed by atoms with Crippen molar-refractivity contribution in [1.29, 1.82) is 0 Å². The molecular formula is C12H15N3O2S. The van der Waals surface area contributed by atoms with E-state index in [4.69, 9.17) is 0 Å². The van der Waals surface area contributed by atoms with Gasteiger partial charge in [0.2, 0.25) is 0 Å². The minimum absolute atomic E-state index is 0.238. The van der Waals surface area contributed by atoms with Crippen molar-refractivity contribution in [3.63, 3.8) is 0 Å². The molecule has 1 aromatic carbocycles. The molecule has 0 amide bonds. The van der Waals surface area contributed by atoms with Gasteiger partial charge in [-0.05, 0) is 23.6 Å². The van der Waals surface area contributed by atoms with Gasteiger partial charge in [-0.2, -0.15) is 0 Å². The Hall–Kier alpha value is -1.82. The van der Waals surface area contributed by atoms with E-state index in [-0.39, 0.29) is 4.90 Å². The number of nitrogens with one attached hydrogen (secondary N) is 2. The number of hydrogen-bond donors (Lipinski definition) is 2. The van der Waals surface area contributed by atoms with Crippen LogP contribution in [-0.2, 0) is 10.0 Å². The van der Waals surface area contributed by atoms with Crippen molar-refractivity contribution in [3.05, 3.63) is 42.4 Å². The van der Waals surface area contributed by atoms with Crippen LogP contribution in [0.1, 0.15) is 25.3 Å². The Kier molecular flexibility index (Phi) is 3.38. The van der Waals surface area contributed by atoms with E-state index in [2.05, 4.69) is 28.5 Å². The Balaban J connectivity index is 2.25. The molecule has 0 unspecified atom stereocenters. The van der Waals surface area contributed by atoms with Crippen LogP contribution in [0.3, 0.4) is 0 Å². The summed E-state index contributed by atoms with van der Waals surface area (Å²) in [6, 6.07) is 6.86. The number of aromatic nitrogens is 2. The zero-order valence-corrected chi connectivity index (χ0v) is 11.0. The van der Waals surface area contributed by atoms with E-state index in [1.807, 2.05) is 12.1 Å². The summed E-state index contributed by atoms with van der Waals surface area (Å²) in [6.07, 6.45) is 2.83. The molecule has 18 heavy (non-hydrogen) atoms. The molecule has 2 rings (SSSR count). The van der Waals surface area contributed by atoms with Crippen LogP contribution in [0, 0.1) is 0 Å². The molecule has 0 aliphatic heterocycles. The number of H-pyrrole nitrogens is 1. The van der Waals surface area contributed by atoms with Gasteiger partial charge in [-0.3, -0.25) is 4.72 Å². The SMILES string of the molecule is CC(C)c1ccc(S(=O)(=O)Nc2cnc[nH]2)cc1. The van der Waals surface area contributed by atoms with Crippen LogP contribution in [0.15, 0.2) is 41.7 Å². The fraction of sp³-hybridized carbons (Fsp3) is 0.250. The highest BCUT2D eigenvalue weighted by Gasteiger charge is 2.14. The van der Waals surface area contributed by atoms with Crippen LogP contribution in [0.5, 0.6) is 0 Å². The molecule has 0 saturated carbocycles. The zero-order valence-electron chi connectivity index (χ0n) is 10.2. The number of sulfonamides is 1. The normalized spacial score (nSPS) is 11.7. The molecule has 0 bridgehead atoms. The van der Waals surface area contributed by atoms with Gasteiger partial charge >= 0.3 is 0 Å². The fourth-order valence-electron chi connectivity index (χ4n) is 1.55. The van der Waals surface area contributed by atoms with Gasteiger partial charge in [-0.1, -0.05) is 26.0 Å². The highest BCUT2D eigenvalue weighted by atomic mass is 32.2. The van der Waals surface area contributed by atoms with Gasteiger partial charge in [0.05, 0.1) is 17.4 Å². The van der Waals surface area contributed by atoms with E-state index in [1.165, 1.54) is 12.5 Å². The smallest absolute Gasteiger partial charge is 0.263 e. The second-order valence-corrected chi connectivity index (χ2v) is 5.98. The summed E-state index contributed by atoms with van der Waals surface area (Å²) in [5.41, 5.74) is 1.11. The lowest BCUT2D eigenvalue weighted by molar-refractivity contribution is 0.601. The Morgan fingerprint density at radius 3 is 2.39 bits per heavy atom. The first-order valence-corrected chi connectivity index (χ1v) is 7.08. The maximum atomic E-state index is 12.0. The topological polar surface area (TPSA) is 74.8 Å². The summed E-state index contributed by atoms with van der Waals surface area (Å²) >= 11 is 0. The predicted molar refractivity (Wildman–Crippen MR) is 69.9 cm³/mol. The Bertz CT molecular complexity index is 601. The van der Waals surface area contributed by atoms with Crippen molar-refractivity contribution in [2.45, 2.75) is 24.7 Å².